The van der Waals surface area contributed by atoms with Crippen LogP contribution in [0.3, 0.4) is 0 Å². The summed E-state index contributed by atoms with van der Waals surface area (Å²) in [5.74, 6) is 2.01. The molecule has 2 heterocycles. The number of carboxylic acids is 1. The van der Waals surface area contributed by atoms with Gasteiger partial charge in [-0.25, -0.2) is 0 Å². The third kappa shape index (κ3) is 5.64. The van der Waals surface area contributed by atoms with Crippen molar-refractivity contribution in [3.8, 4) is 11.5 Å². The van der Waals surface area contributed by atoms with Crippen molar-refractivity contribution in [2.24, 2.45) is 0 Å². The van der Waals surface area contributed by atoms with E-state index in [-0.39, 0.29) is 10.6 Å². The second-order valence-electron chi connectivity index (χ2n) is 7.69. The molecular formula is C20H22AsNO4S2Si. The van der Waals surface area contributed by atoms with Crippen LogP contribution in [0, 0.1) is 11.5 Å². The minimum atomic E-state index is -3.60. The zero-order valence-corrected chi connectivity index (χ0v) is 21.0. The van der Waals surface area contributed by atoms with Crippen molar-refractivity contribution >= 4 is 59.0 Å². The predicted octanol–water partition coefficient (Wildman–Crippen LogP) is 3.70. The van der Waals surface area contributed by atoms with Gasteiger partial charge in [-0.15, -0.1) is 0 Å². The Kier molecular flexibility index (Phi) is 6.44. The number of aromatic nitrogens is 1. The molecule has 0 aliphatic carbocycles. The number of carboxylic acid groups (broad SMARTS) is 1. The maximum absolute atomic E-state index is 12.9. The average molecular weight is 508 g/mol. The zero-order valence-electron chi connectivity index (χ0n) is 16.3. The number of hydrogen-bond donors (Lipinski definition) is 2. The normalized spacial score (nSPS) is 13.5. The van der Waals surface area contributed by atoms with Gasteiger partial charge in [0.1, 0.15) is 0 Å². The van der Waals surface area contributed by atoms with E-state index in [1.54, 1.807) is 18.3 Å². The van der Waals surface area contributed by atoms with Gasteiger partial charge in [-0.2, -0.15) is 0 Å². The van der Waals surface area contributed by atoms with E-state index in [0.29, 0.717) is 4.88 Å². The number of benzene rings is 1. The van der Waals surface area contributed by atoms with Crippen molar-refractivity contribution in [3.63, 3.8) is 0 Å². The molecule has 2 aromatic heterocycles. The first-order valence-corrected chi connectivity index (χ1v) is 18.6. The molecule has 0 spiro atoms. The molecule has 0 aliphatic rings. The van der Waals surface area contributed by atoms with Crippen LogP contribution in [0.15, 0.2) is 46.8 Å². The van der Waals surface area contributed by atoms with E-state index in [1.165, 1.54) is 0 Å². The molecule has 0 saturated carbocycles. The molecule has 2 atom stereocenters. The van der Waals surface area contributed by atoms with Crippen LogP contribution in [-0.2, 0) is 19.3 Å². The van der Waals surface area contributed by atoms with Crippen molar-refractivity contribution in [1.29, 1.82) is 0 Å². The number of H-pyrrole nitrogens is 1. The van der Waals surface area contributed by atoms with E-state index >= 15 is 0 Å². The second-order valence-corrected chi connectivity index (χ2v) is 21.8. The van der Waals surface area contributed by atoms with Crippen LogP contribution < -0.4 is 0 Å². The summed E-state index contributed by atoms with van der Waals surface area (Å²) < 4.78 is 25.1. The van der Waals surface area contributed by atoms with E-state index in [4.69, 9.17) is 0 Å². The third-order valence-corrected chi connectivity index (χ3v) is 14.9. The zero-order chi connectivity index (χ0) is 21.2. The number of carbonyl (C=O) groups is 1. The average Bonchev–Trinajstić information content (AvgIpc) is 3.26. The Hall–Kier alpha value is -1.78. The van der Waals surface area contributed by atoms with Crippen LogP contribution in [0.4, 0.5) is 0 Å². The van der Waals surface area contributed by atoms with Gasteiger partial charge in [-0.3, -0.25) is 0 Å². The standard InChI is InChI=1S/C20H22AsNO4S2Si/c1-29(2,3)11-10-15-8-9-19(27-15)28(25,26)21-17(20(23)24)12-14-13-22-18-7-5-4-6-16(14)18/h4-9,13,17,21-22H,12H2,1-3H3,(H,23,24)/t17-/m1/s1. The van der Waals surface area contributed by atoms with Gasteiger partial charge in [-0.05, 0) is 0 Å². The Balaban J connectivity index is 1.82. The fourth-order valence-electron chi connectivity index (χ4n) is 2.73. The van der Waals surface area contributed by atoms with Gasteiger partial charge in [0.2, 0.25) is 0 Å². The van der Waals surface area contributed by atoms with Gasteiger partial charge in [0.05, 0.1) is 0 Å². The Morgan fingerprint density at radius 1 is 1.24 bits per heavy atom. The van der Waals surface area contributed by atoms with Gasteiger partial charge in [-0.1, -0.05) is 0 Å². The summed E-state index contributed by atoms with van der Waals surface area (Å²) in [6.45, 7) is 6.37. The fourth-order valence-corrected chi connectivity index (χ4v) is 12.2. The van der Waals surface area contributed by atoms with Crippen LogP contribution in [0.1, 0.15) is 10.4 Å². The molecule has 0 aliphatic heterocycles. The predicted molar refractivity (Wildman–Crippen MR) is 122 cm³/mol. The number of rotatable bonds is 6. The molecule has 9 heteroatoms. The van der Waals surface area contributed by atoms with E-state index < -0.39 is 41.4 Å². The molecule has 152 valence electrons. The first-order chi connectivity index (χ1) is 13.5. The molecule has 1 unspecified atom stereocenters. The van der Waals surface area contributed by atoms with Crippen molar-refractivity contribution in [2.75, 3.05) is 0 Å². The van der Waals surface area contributed by atoms with Gasteiger partial charge >= 0.3 is 182 Å². The minimum absolute atomic E-state index is 0.201. The SMILES string of the molecule is C[Si](C)(C)C#Cc1ccc(S(=O)(=O)[AsH][C@H](Cc2c[nH]c3ccccc23)C(=O)O)s1. The number of nitrogens with one attached hydrogen (secondary N) is 1. The van der Waals surface area contributed by atoms with Crippen LogP contribution in [-0.4, -0.2) is 47.1 Å². The number of aromatic amines is 1. The van der Waals surface area contributed by atoms with Crippen molar-refractivity contribution in [1.82, 2.24) is 4.98 Å². The Labute approximate surface area is 181 Å². The summed E-state index contributed by atoms with van der Waals surface area (Å²) in [5.41, 5.74) is 4.97. The van der Waals surface area contributed by atoms with Crippen molar-refractivity contribution in [2.45, 2.75) is 35.0 Å². The molecule has 0 saturated heterocycles. The quantitative estimate of drug-likeness (QED) is 0.394. The van der Waals surface area contributed by atoms with Crippen molar-refractivity contribution < 1.29 is 18.3 Å². The van der Waals surface area contributed by atoms with Gasteiger partial charge < -0.3 is 0 Å². The molecule has 0 fully saturated rings. The summed E-state index contributed by atoms with van der Waals surface area (Å²) in [5, 5.41) is 10.6. The summed E-state index contributed by atoms with van der Waals surface area (Å²) in [6, 6.07) is 10.9. The van der Waals surface area contributed by atoms with Crippen LogP contribution in [0.5, 0.6) is 0 Å². The molecule has 0 amide bonds. The molecular weight excluding hydrogens is 485 g/mol. The number of fused-ring (bicyclic) bond motifs is 1. The van der Waals surface area contributed by atoms with Crippen LogP contribution in [0.25, 0.3) is 10.9 Å². The Morgan fingerprint density at radius 3 is 2.66 bits per heavy atom. The summed E-state index contributed by atoms with van der Waals surface area (Å²) in [7, 11) is -5.15. The third-order valence-electron chi connectivity index (χ3n) is 4.10. The van der Waals surface area contributed by atoms with Crippen LogP contribution >= 0.6 is 11.3 Å². The molecule has 5 nitrogen and oxygen atoms in total. The van der Waals surface area contributed by atoms with Crippen LogP contribution in [0.2, 0.25) is 24.3 Å². The molecule has 3 rings (SSSR count). The van der Waals surface area contributed by atoms with Gasteiger partial charge in [0.15, 0.2) is 0 Å². The van der Waals surface area contributed by atoms with E-state index in [0.717, 1.165) is 27.8 Å². The van der Waals surface area contributed by atoms with Gasteiger partial charge in [0, 0.05) is 0 Å². The topological polar surface area (TPSA) is 87.2 Å². The number of hydrogen-bond acceptors (Lipinski definition) is 4. The number of aliphatic carboxylic acids is 1. The first-order valence-electron chi connectivity index (χ1n) is 8.98. The van der Waals surface area contributed by atoms with E-state index in [2.05, 4.69) is 36.1 Å². The fraction of sp³-hybridized carbons (Fsp3) is 0.250. The Morgan fingerprint density at radius 2 is 1.97 bits per heavy atom. The second kappa shape index (κ2) is 8.53. The molecule has 3 aromatic rings. The first kappa shape index (κ1) is 21.9. The van der Waals surface area contributed by atoms with E-state index in [9.17, 15) is 18.3 Å². The summed E-state index contributed by atoms with van der Waals surface area (Å²) >= 11 is -0.688. The van der Waals surface area contributed by atoms with Crippen molar-refractivity contribution in [3.05, 3.63) is 53.0 Å². The monoisotopic (exact) mass is 507 g/mol. The molecule has 0 radical (unpaired) electrons. The molecule has 29 heavy (non-hydrogen) atoms. The molecule has 0 bridgehead atoms. The van der Waals surface area contributed by atoms with E-state index in [1.807, 2.05) is 24.3 Å². The number of para-hydroxylation sites is 1. The molecule has 2 N–H and O–H groups in total. The van der Waals surface area contributed by atoms with Gasteiger partial charge in [0.25, 0.3) is 0 Å². The maximum atomic E-state index is 12.9. The molecule has 1 aromatic carbocycles. The summed E-state index contributed by atoms with van der Waals surface area (Å²) in [4.78, 5) is 15.7. The Bertz CT molecular complexity index is 1210. The summed E-state index contributed by atoms with van der Waals surface area (Å²) in [6.07, 6.45) is 1.97. The number of thiophene rings is 1.